The average Bonchev–Trinajstić information content (AvgIpc) is 3.17. The molecule has 0 aliphatic carbocycles. The van der Waals surface area contributed by atoms with E-state index < -0.39 is 6.17 Å². The Hall–Kier alpha value is -4.28. The monoisotopic (exact) mass is 488 g/mol. The van der Waals surface area contributed by atoms with Crippen molar-refractivity contribution in [1.82, 2.24) is 29.6 Å². The third kappa shape index (κ3) is 3.76. The Morgan fingerprint density at radius 1 is 1.19 bits per heavy atom. The van der Waals surface area contributed by atoms with Crippen molar-refractivity contribution < 1.29 is 13.9 Å². The number of likely N-dealkylation sites (N-methyl/N-ethyl adjacent to an activating group) is 1. The van der Waals surface area contributed by atoms with E-state index in [1.165, 1.54) is 0 Å². The summed E-state index contributed by atoms with van der Waals surface area (Å²) in [5.74, 6) is 1.88. The number of anilines is 3. The molecule has 3 N–H and O–H groups in total. The Labute approximate surface area is 206 Å². The number of carbonyl (C=O) groups excluding carboxylic acids is 1. The number of fused-ring (bicyclic) bond motifs is 3. The molecule has 0 spiro atoms. The van der Waals surface area contributed by atoms with Gasteiger partial charge in [-0.3, -0.25) is 9.48 Å². The number of hydrogen-bond acceptors (Lipinski definition) is 8. The molecule has 0 fully saturated rings. The molecule has 36 heavy (non-hydrogen) atoms. The summed E-state index contributed by atoms with van der Waals surface area (Å²) in [6.45, 7) is 3.03. The number of halogens is 1. The van der Waals surface area contributed by atoms with Gasteiger partial charge in [0.25, 0.3) is 0 Å². The first-order valence-corrected chi connectivity index (χ1v) is 11.8. The molecule has 6 rings (SSSR count). The van der Waals surface area contributed by atoms with Crippen molar-refractivity contribution in [3.63, 3.8) is 0 Å². The molecule has 2 aliphatic rings. The lowest BCUT2D eigenvalue weighted by molar-refractivity contribution is -0.130. The van der Waals surface area contributed by atoms with Crippen LogP contribution in [0.1, 0.15) is 29.4 Å². The van der Waals surface area contributed by atoms with Crippen LogP contribution in [0.2, 0.25) is 0 Å². The number of aromatic nitrogens is 5. The van der Waals surface area contributed by atoms with Crippen LogP contribution in [0.4, 0.5) is 21.8 Å². The third-order valence-corrected chi connectivity index (χ3v) is 6.83. The van der Waals surface area contributed by atoms with Gasteiger partial charge in [0.1, 0.15) is 24.4 Å². The molecule has 10 nitrogen and oxygen atoms in total. The fraction of sp³-hybridized carbons (Fsp3) is 0.320. The number of rotatable bonds is 3. The molecule has 1 amide bonds. The van der Waals surface area contributed by atoms with Gasteiger partial charge in [-0.1, -0.05) is 0 Å². The van der Waals surface area contributed by atoms with Crippen molar-refractivity contribution in [2.45, 2.75) is 32.5 Å². The summed E-state index contributed by atoms with van der Waals surface area (Å²) in [6, 6.07) is 5.69. The van der Waals surface area contributed by atoms with Crippen molar-refractivity contribution in [2.75, 3.05) is 31.2 Å². The number of nitrogens with one attached hydrogen (secondary N) is 1. The Balaban J connectivity index is 1.34. The van der Waals surface area contributed by atoms with Crippen molar-refractivity contribution in [3.05, 3.63) is 47.4 Å². The van der Waals surface area contributed by atoms with Crippen molar-refractivity contribution >= 4 is 34.1 Å². The van der Waals surface area contributed by atoms with Gasteiger partial charge in [0, 0.05) is 61.5 Å². The van der Waals surface area contributed by atoms with Gasteiger partial charge in [0.05, 0.1) is 17.9 Å². The quantitative estimate of drug-likeness (QED) is 0.450. The van der Waals surface area contributed by atoms with Crippen LogP contribution in [0.15, 0.2) is 30.6 Å². The molecule has 0 aromatic carbocycles. The van der Waals surface area contributed by atoms with Gasteiger partial charge >= 0.3 is 0 Å². The van der Waals surface area contributed by atoms with E-state index in [0.29, 0.717) is 65.1 Å². The molecule has 0 saturated carbocycles. The van der Waals surface area contributed by atoms with E-state index in [-0.39, 0.29) is 12.5 Å². The highest BCUT2D eigenvalue weighted by molar-refractivity contribution is 5.95. The second-order valence-electron chi connectivity index (χ2n) is 9.17. The Morgan fingerprint density at radius 3 is 2.92 bits per heavy atom. The summed E-state index contributed by atoms with van der Waals surface area (Å²) in [7, 11) is 1.80. The Kier molecular flexibility index (Phi) is 5.20. The molecule has 4 aromatic rings. The topological polar surface area (TPSA) is 124 Å². The number of nitrogens with zero attached hydrogens (tertiary/aromatic N) is 6. The Bertz CT molecular complexity index is 1520. The van der Waals surface area contributed by atoms with Gasteiger partial charge in [-0.05, 0) is 30.0 Å². The van der Waals surface area contributed by atoms with Crippen LogP contribution in [0.5, 0.6) is 5.88 Å². The van der Waals surface area contributed by atoms with Gasteiger partial charge in [-0.2, -0.15) is 5.10 Å². The van der Waals surface area contributed by atoms with E-state index >= 15 is 0 Å². The zero-order valence-corrected chi connectivity index (χ0v) is 20.0. The summed E-state index contributed by atoms with van der Waals surface area (Å²) in [4.78, 5) is 27.2. The van der Waals surface area contributed by atoms with E-state index in [0.717, 1.165) is 23.1 Å². The second-order valence-corrected chi connectivity index (χ2v) is 9.17. The zero-order valence-electron chi connectivity index (χ0n) is 20.0. The number of pyridine rings is 3. The van der Waals surface area contributed by atoms with Crippen LogP contribution in [-0.2, 0) is 17.8 Å². The van der Waals surface area contributed by atoms with E-state index in [4.69, 9.17) is 10.5 Å². The lowest BCUT2D eigenvalue weighted by atomic mass is 9.96. The van der Waals surface area contributed by atoms with E-state index in [2.05, 4.69) is 25.4 Å². The van der Waals surface area contributed by atoms with Crippen molar-refractivity contribution in [2.24, 2.45) is 0 Å². The third-order valence-electron chi connectivity index (χ3n) is 6.83. The molecule has 6 heterocycles. The van der Waals surface area contributed by atoms with Crippen LogP contribution in [-0.4, -0.2) is 55.7 Å². The first-order valence-electron chi connectivity index (χ1n) is 11.8. The van der Waals surface area contributed by atoms with Gasteiger partial charge < -0.3 is 20.7 Å². The standard InChI is InChI=1S/C25H25FN8O2/c1-13-16(10-29-25-23(13)18(26)4-6-36-25)19-7-14-8-20(28-11-17(14)24(27)30-19)31-21-9-15-3-5-33(2)22(35)12-34(15)32-21/h7-11,18H,3-6,12H2,1-2H3,(H2,27,30)(H,28,31,32). The lowest BCUT2D eigenvalue weighted by Gasteiger charge is -2.22. The van der Waals surface area contributed by atoms with Gasteiger partial charge in [-0.25, -0.2) is 19.3 Å². The molecule has 0 bridgehead atoms. The van der Waals surface area contributed by atoms with E-state index in [1.807, 2.05) is 25.1 Å². The number of nitrogen functional groups attached to an aromatic ring is 1. The summed E-state index contributed by atoms with van der Waals surface area (Å²) in [5, 5.41) is 9.29. The summed E-state index contributed by atoms with van der Waals surface area (Å²) in [6.07, 6.45) is 3.21. The molecule has 11 heteroatoms. The summed E-state index contributed by atoms with van der Waals surface area (Å²) in [5.41, 5.74) is 9.77. The number of alkyl halides is 1. The summed E-state index contributed by atoms with van der Waals surface area (Å²) < 4.78 is 21.9. The average molecular weight is 489 g/mol. The highest BCUT2D eigenvalue weighted by atomic mass is 19.1. The van der Waals surface area contributed by atoms with Crippen LogP contribution in [0.25, 0.3) is 22.0 Å². The predicted molar refractivity (Wildman–Crippen MR) is 133 cm³/mol. The molecular weight excluding hydrogens is 463 g/mol. The zero-order chi connectivity index (χ0) is 25.0. The Morgan fingerprint density at radius 2 is 2.06 bits per heavy atom. The highest BCUT2D eigenvalue weighted by Crippen LogP contribution is 2.39. The first-order chi connectivity index (χ1) is 17.4. The molecule has 1 atom stereocenters. The highest BCUT2D eigenvalue weighted by Gasteiger charge is 2.26. The SMILES string of the molecule is Cc1c(-c2cc3cc(Nc4cc5n(n4)CC(=O)N(C)CC5)ncc3c(N)n2)cnc2c1C(F)CCO2. The normalized spacial score (nSPS) is 17.4. The number of ether oxygens (including phenoxy) is 1. The van der Waals surface area contributed by atoms with Crippen LogP contribution in [0.3, 0.4) is 0 Å². The largest absolute Gasteiger partial charge is 0.477 e. The molecule has 184 valence electrons. The predicted octanol–water partition coefficient (Wildman–Crippen LogP) is 3.33. The number of carbonyl (C=O) groups is 1. The van der Waals surface area contributed by atoms with Gasteiger partial charge in [0.15, 0.2) is 5.82 Å². The second kappa shape index (κ2) is 8.43. The minimum absolute atomic E-state index is 0.0281. The maximum Gasteiger partial charge on any atom is 0.244 e. The minimum Gasteiger partial charge on any atom is -0.477 e. The van der Waals surface area contributed by atoms with Crippen LogP contribution in [0, 0.1) is 6.92 Å². The molecule has 2 aliphatic heterocycles. The van der Waals surface area contributed by atoms with Crippen molar-refractivity contribution in [3.8, 4) is 17.1 Å². The number of amides is 1. The fourth-order valence-electron chi connectivity index (χ4n) is 4.76. The summed E-state index contributed by atoms with van der Waals surface area (Å²) >= 11 is 0. The molecule has 4 aromatic heterocycles. The molecule has 0 radical (unpaired) electrons. The molecule has 1 unspecified atom stereocenters. The van der Waals surface area contributed by atoms with E-state index in [1.54, 1.807) is 29.0 Å². The van der Waals surface area contributed by atoms with Gasteiger partial charge in [0.2, 0.25) is 11.8 Å². The maximum absolute atomic E-state index is 14.7. The minimum atomic E-state index is -1.13. The lowest BCUT2D eigenvalue weighted by Crippen LogP contribution is -2.29. The number of nitrogens with two attached hydrogens (primary N) is 1. The number of hydrogen-bond donors (Lipinski definition) is 2. The first kappa shape index (κ1) is 22.2. The van der Waals surface area contributed by atoms with Crippen LogP contribution >= 0.6 is 0 Å². The van der Waals surface area contributed by atoms with Gasteiger partial charge in [-0.15, -0.1) is 0 Å². The smallest absolute Gasteiger partial charge is 0.244 e. The maximum atomic E-state index is 14.7. The molecular formula is C25H25FN8O2. The van der Waals surface area contributed by atoms with E-state index in [9.17, 15) is 9.18 Å². The van der Waals surface area contributed by atoms with Crippen LogP contribution < -0.4 is 15.8 Å². The van der Waals surface area contributed by atoms with Crippen molar-refractivity contribution in [1.29, 1.82) is 0 Å². The fourth-order valence-corrected chi connectivity index (χ4v) is 4.76. The molecule has 0 saturated heterocycles.